The van der Waals surface area contributed by atoms with Crippen LogP contribution in [0.3, 0.4) is 0 Å². The van der Waals surface area contributed by atoms with Crippen molar-refractivity contribution < 1.29 is 4.79 Å². The molecule has 0 unspecified atom stereocenters. The maximum atomic E-state index is 13.0. The lowest BCUT2D eigenvalue weighted by Gasteiger charge is -2.22. The molecule has 0 saturated carbocycles. The summed E-state index contributed by atoms with van der Waals surface area (Å²) < 4.78 is 3.34. The molecule has 41 heavy (non-hydrogen) atoms. The topological polar surface area (TPSA) is 97.4 Å². The second-order valence-corrected chi connectivity index (χ2v) is 11.5. The Kier molecular flexibility index (Phi) is 13.9. The summed E-state index contributed by atoms with van der Waals surface area (Å²) in [7, 11) is 1.83. The maximum absolute atomic E-state index is 13.0. The minimum absolute atomic E-state index is 0.00546. The van der Waals surface area contributed by atoms with Crippen LogP contribution in [0.1, 0.15) is 91.4 Å². The summed E-state index contributed by atoms with van der Waals surface area (Å²) in [6.45, 7) is 20.9. The Labute approximate surface area is 245 Å². The molecule has 9 nitrogen and oxygen atoms in total. The molecule has 1 aliphatic heterocycles. The summed E-state index contributed by atoms with van der Waals surface area (Å²) in [6, 6.07) is 5.40. The van der Waals surface area contributed by atoms with Gasteiger partial charge in [-0.1, -0.05) is 54.9 Å². The summed E-state index contributed by atoms with van der Waals surface area (Å²) >= 11 is 0. The molecule has 0 radical (unpaired) electrons. The van der Waals surface area contributed by atoms with Gasteiger partial charge in [-0.05, 0) is 69.3 Å². The zero-order valence-corrected chi connectivity index (χ0v) is 26.7. The van der Waals surface area contributed by atoms with E-state index in [4.69, 9.17) is 0 Å². The van der Waals surface area contributed by atoms with E-state index in [2.05, 4.69) is 68.7 Å². The van der Waals surface area contributed by atoms with E-state index in [-0.39, 0.29) is 17.0 Å². The van der Waals surface area contributed by atoms with Crippen molar-refractivity contribution in [1.29, 1.82) is 0 Å². The van der Waals surface area contributed by atoms with Crippen molar-refractivity contribution in [3.05, 3.63) is 46.5 Å². The molecule has 0 atom stereocenters. The fourth-order valence-electron chi connectivity index (χ4n) is 4.19. The first-order valence-corrected chi connectivity index (χ1v) is 15.2. The molecule has 0 aliphatic carbocycles. The van der Waals surface area contributed by atoms with Crippen molar-refractivity contribution in [3.8, 4) is 0 Å². The average molecular weight is 566 g/mol. The van der Waals surface area contributed by atoms with Gasteiger partial charge in [-0.25, -0.2) is 14.4 Å². The minimum atomic E-state index is -0.269. The van der Waals surface area contributed by atoms with Crippen molar-refractivity contribution in [2.24, 2.45) is 18.9 Å². The summed E-state index contributed by atoms with van der Waals surface area (Å²) in [4.78, 5) is 40.7. The van der Waals surface area contributed by atoms with Gasteiger partial charge in [0.15, 0.2) is 11.2 Å². The number of hydrogen-bond acceptors (Lipinski definition) is 6. The highest BCUT2D eigenvalue weighted by Gasteiger charge is 2.19. The second kappa shape index (κ2) is 16.8. The maximum Gasteiger partial charge on any atom is 0.287 e. The molecule has 1 amide bonds. The van der Waals surface area contributed by atoms with Crippen LogP contribution in [0.15, 0.2) is 35.4 Å². The molecule has 3 aromatic heterocycles. The largest absolute Gasteiger partial charge is 0.339 e. The number of rotatable bonds is 5. The molecule has 4 heterocycles. The van der Waals surface area contributed by atoms with Gasteiger partial charge >= 0.3 is 0 Å². The molecule has 1 N–H and O–H groups in total. The fourth-order valence-corrected chi connectivity index (χ4v) is 4.19. The number of nitrogens with zero attached hydrogens (tertiary/aromatic N) is 6. The molecule has 1 aromatic carbocycles. The summed E-state index contributed by atoms with van der Waals surface area (Å²) in [5.41, 5.74) is 2.32. The number of nitrogens with one attached hydrogen (secondary N) is 1. The highest BCUT2D eigenvalue weighted by Crippen LogP contribution is 2.21. The van der Waals surface area contributed by atoms with E-state index in [1.54, 1.807) is 12.1 Å². The highest BCUT2D eigenvalue weighted by molar-refractivity contribution is 5.98. The number of aromatic nitrogens is 5. The van der Waals surface area contributed by atoms with Crippen LogP contribution in [-0.2, 0) is 7.05 Å². The Morgan fingerprint density at radius 2 is 1.61 bits per heavy atom. The number of imidazole rings is 1. The van der Waals surface area contributed by atoms with Crippen LogP contribution < -0.4 is 10.9 Å². The van der Waals surface area contributed by atoms with Crippen molar-refractivity contribution >= 4 is 33.9 Å². The number of carbonyl (C=O) groups excluding carboxylic acids is 1. The predicted molar refractivity (Wildman–Crippen MR) is 171 cm³/mol. The van der Waals surface area contributed by atoms with Crippen molar-refractivity contribution in [3.63, 3.8) is 0 Å². The number of aryl methyl sites for hydroxylation is 1. The number of amides is 1. The first kappa shape index (κ1) is 33.9. The van der Waals surface area contributed by atoms with Crippen LogP contribution in [0.2, 0.25) is 0 Å². The molecular formula is C32H51N7O2. The summed E-state index contributed by atoms with van der Waals surface area (Å²) in [5, 5.41) is 3.22. The highest BCUT2D eigenvalue weighted by atomic mass is 16.2. The molecule has 9 heteroatoms. The molecular weight excluding hydrogens is 514 g/mol. The van der Waals surface area contributed by atoms with Gasteiger partial charge in [0.05, 0.1) is 11.0 Å². The number of hydrogen-bond donors (Lipinski definition) is 1. The molecule has 226 valence electrons. The molecule has 5 rings (SSSR count). The van der Waals surface area contributed by atoms with E-state index >= 15 is 0 Å². The predicted octanol–water partition coefficient (Wildman–Crippen LogP) is 6.09. The van der Waals surface area contributed by atoms with Crippen LogP contribution in [0.25, 0.3) is 28.0 Å². The number of fused-ring (bicyclic) bond motifs is 4. The van der Waals surface area contributed by atoms with Crippen LogP contribution in [0, 0.1) is 11.8 Å². The summed E-state index contributed by atoms with van der Waals surface area (Å²) in [5.74, 6) is 1.83. The van der Waals surface area contributed by atoms with Gasteiger partial charge in [0.25, 0.3) is 11.5 Å². The van der Waals surface area contributed by atoms with Gasteiger partial charge in [0.1, 0.15) is 0 Å². The van der Waals surface area contributed by atoms with Crippen LogP contribution in [0.5, 0.6) is 0 Å². The zero-order valence-electron chi connectivity index (χ0n) is 26.7. The second-order valence-electron chi connectivity index (χ2n) is 11.5. The SMILES string of the molecule is C1CCNC1.CC(C)C.CCC.CCN(CCC(C)C)C(=O)c1ccc2c(c1)n(C)c1nc3nccnc3c(=O)n21. The lowest BCUT2D eigenvalue weighted by atomic mass is 10.1. The fraction of sp³-hybridized carbons (Fsp3) is 0.594. The van der Waals surface area contributed by atoms with Crippen molar-refractivity contribution in [2.45, 2.75) is 81.1 Å². The number of carbonyl (C=O) groups is 1. The molecule has 1 saturated heterocycles. The molecule has 1 aliphatic rings. The molecule has 4 aromatic rings. The normalized spacial score (nSPS) is 12.6. The summed E-state index contributed by atoms with van der Waals surface area (Å²) in [6.07, 6.45) is 7.99. The monoisotopic (exact) mass is 565 g/mol. The molecule has 0 spiro atoms. The third kappa shape index (κ3) is 9.35. The van der Waals surface area contributed by atoms with Gasteiger partial charge < -0.3 is 14.8 Å². The minimum Gasteiger partial charge on any atom is -0.339 e. The van der Waals surface area contributed by atoms with E-state index in [0.29, 0.717) is 35.0 Å². The van der Waals surface area contributed by atoms with E-state index in [9.17, 15) is 9.59 Å². The first-order valence-electron chi connectivity index (χ1n) is 15.2. The lowest BCUT2D eigenvalue weighted by Crippen LogP contribution is -2.32. The van der Waals surface area contributed by atoms with Crippen molar-refractivity contribution in [2.75, 3.05) is 26.2 Å². The van der Waals surface area contributed by atoms with Gasteiger partial charge in [-0.2, -0.15) is 4.98 Å². The smallest absolute Gasteiger partial charge is 0.287 e. The third-order valence-corrected chi connectivity index (χ3v) is 6.22. The molecule has 0 bridgehead atoms. The molecule has 1 fully saturated rings. The Morgan fingerprint density at radius 3 is 2.15 bits per heavy atom. The van der Waals surface area contributed by atoms with Gasteiger partial charge in [-0.15, -0.1) is 0 Å². The standard InChI is InChI=1S/C21H24N6O2.C4H9N.C4H10.C3H8/c1-5-26(11-8-13(2)3)19(28)14-6-7-15-16(12-14)25(4)21-24-18-17(20(29)27(15)21)22-9-10-23-18;1-2-4-5-3-1;1-4(2)3;1-3-2/h6-7,9-10,12-13H,5,8,11H2,1-4H3;5H,1-4H2;4H,1-3H3;3H2,1-2H3. The lowest BCUT2D eigenvalue weighted by molar-refractivity contribution is 0.0757. The van der Waals surface area contributed by atoms with Crippen molar-refractivity contribution in [1.82, 2.24) is 34.1 Å². The van der Waals surface area contributed by atoms with E-state index in [1.807, 2.05) is 29.5 Å². The van der Waals surface area contributed by atoms with Crippen LogP contribution >= 0.6 is 0 Å². The third-order valence-electron chi connectivity index (χ3n) is 6.22. The Hall–Kier alpha value is -3.33. The number of benzene rings is 1. The van der Waals surface area contributed by atoms with Crippen LogP contribution in [0.4, 0.5) is 0 Å². The Balaban J connectivity index is 0.000000411. The van der Waals surface area contributed by atoms with E-state index in [0.717, 1.165) is 24.4 Å². The Bertz CT molecular complexity index is 1420. The van der Waals surface area contributed by atoms with Crippen LogP contribution in [-0.4, -0.2) is 60.9 Å². The van der Waals surface area contributed by atoms with Gasteiger partial charge in [0.2, 0.25) is 5.78 Å². The quantitative estimate of drug-likeness (QED) is 0.315. The van der Waals surface area contributed by atoms with E-state index in [1.165, 1.54) is 49.1 Å². The first-order chi connectivity index (χ1) is 19.6. The van der Waals surface area contributed by atoms with Gasteiger partial charge in [-0.3, -0.25) is 9.59 Å². The zero-order chi connectivity index (χ0) is 30.5. The Morgan fingerprint density at radius 1 is 1.00 bits per heavy atom. The van der Waals surface area contributed by atoms with Gasteiger partial charge in [0, 0.05) is 38.1 Å². The van der Waals surface area contributed by atoms with E-state index < -0.39 is 0 Å². The average Bonchev–Trinajstić information content (AvgIpc) is 3.61.